The summed E-state index contributed by atoms with van der Waals surface area (Å²) in [4.78, 5) is 0. The van der Waals surface area contributed by atoms with E-state index in [9.17, 15) is 5.11 Å². The van der Waals surface area contributed by atoms with Crippen LogP contribution in [0, 0.1) is 34.5 Å². The van der Waals surface area contributed by atoms with Gasteiger partial charge in [0.2, 0.25) is 0 Å². The first-order valence-electron chi connectivity index (χ1n) is 12.9. The molecule has 0 saturated heterocycles. The minimum Gasteiger partial charge on any atom is -0.393 e. The molecule has 0 aromatic carbocycles. The van der Waals surface area contributed by atoms with Gasteiger partial charge < -0.3 is 5.11 Å². The van der Waals surface area contributed by atoms with Crippen molar-refractivity contribution in [3.63, 3.8) is 0 Å². The molecule has 1 N–H and O–H groups in total. The van der Waals surface area contributed by atoms with E-state index >= 15 is 0 Å². The van der Waals surface area contributed by atoms with E-state index in [4.69, 9.17) is 0 Å². The molecule has 1 heteroatoms. The maximum atomic E-state index is 10.2. The van der Waals surface area contributed by atoms with Gasteiger partial charge in [-0.1, -0.05) is 70.9 Å². The summed E-state index contributed by atoms with van der Waals surface area (Å²) < 4.78 is 0. The molecule has 0 aromatic heterocycles. The number of hydrogen-bond donors (Lipinski definition) is 1. The highest BCUT2D eigenvalue weighted by molar-refractivity contribution is 5.25. The average Bonchev–Trinajstić information content (AvgIpc) is 3.01. The zero-order chi connectivity index (χ0) is 19.8. The molecule has 160 valence electrons. The molecule has 0 amide bonds. The third-order valence-corrected chi connectivity index (χ3v) is 10.2. The van der Waals surface area contributed by atoms with Gasteiger partial charge in [0.05, 0.1) is 6.10 Å². The van der Waals surface area contributed by atoms with Crippen molar-refractivity contribution in [3.05, 3.63) is 11.6 Å². The normalized spacial score (nSPS) is 45.1. The second-order valence-electron chi connectivity index (χ2n) is 11.5. The molecule has 28 heavy (non-hydrogen) atoms. The first kappa shape index (κ1) is 21.0. The van der Waals surface area contributed by atoms with E-state index in [1.807, 2.05) is 0 Å². The Kier molecular flexibility index (Phi) is 6.32. The summed E-state index contributed by atoms with van der Waals surface area (Å²) in [6, 6.07) is 0. The third-order valence-electron chi connectivity index (χ3n) is 10.2. The van der Waals surface area contributed by atoms with Crippen LogP contribution in [0.25, 0.3) is 0 Å². The summed E-state index contributed by atoms with van der Waals surface area (Å²) >= 11 is 0. The zero-order valence-corrected chi connectivity index (χ0v) is 19.0. The lowest BCUT2D eigenvalue weighted by Crippen LogP contribution is -2.50. The van der Waals surface area contributed by atoms with Gasteiger partial charge in [0.1, 0.15) is 0 Å². The van der Waals surface area contributed by atoms with E-state index in [1.165, 1.54) is 83.5 Å². The second-order valence-corrected chi connectivity index (χ2v) is 11.5. The summed E-state index contributed by atoms with van der Waals surface area (Å²) in [7, 11) is 0. The highest BCUT2D eigenvalue weighted by atomic mass is 16.3. The minimum absolute atomic E-state index is 0.0714. The predicted molar refractivity (Wildman–Crippen MR) is 119 cm³/mol. The molecule has 4 aliphatic rings. The Bertz CT molecular complexity index is 565. The van der Waals surface area contributed by atoms with Crippen molar-refractivity contribution in [1.29, 1.82) is 0 Å². The fraction of sp³-hybridized carbons (Fsp3) is 0.926. The van der Waals surface area contributed by atoms with E-state index in [-0.39, 0.29) is 6.10 Å². The largest absolute Gasteiger partial charge is 0.393 e. The number of unbranched alkanes of at least 4 members (excludes halogenated alkanes) is 5. The van der Waals surface area contributed by atoms with Crippen LogP contribution in [0.15, 0.2) is 11.6 Å². The van der Waals surface area contributed by atoms with Crippen LogP contribution in [-0.2, 0) is 0 Å². The maximum absolute atomic E-state index is 10.2. The number of aliphatic hydroxyl groups is 1. The monoisotopic (exact) mass is 386 g/mol. The molecule has 0 heterocycles. The van der Waals surface area contributed by atoms with Gasteiger partial charge in [0, 0.05) is 0 Å². The Morgan fingerprint density at radius 3 is 2.54 bits per heavy atom. The minimum atomic E-state index is -0.0714. The standard InChI is InChI=1S/C27H46O/c1-4-5-6-7-8-9-10-20-12-14-24-23-13-11-21-19-22(28)15-17-27(21,3)25(23)16-18-26(20,24)2/h11,20,22-25,28H,4-10,12-19H2,1-3H3/t20-,22-,23?,24?,25?,26+,27-/m0/s1. The molecule has 3 fully saturated rings. The molecular formula is C27H46O. The summed E-state index contributed by atoms with van der Waals surface area (Å²) in [5.74, 6) is 3.79. The highest BCUT2D eigenvalue weighted by Crippen LogP contribution is 2.66. The van der Waals surface area contributed by atoms with E-state index in [0.29, 0.717) is 10.8 Å². The van der Waals surface area contributed by atoms with Crippen LogP contribution in [0.4, 0.5) is 0 Å². The van der Waals surface area contributed by atoms with Gasteiger partial charge in [-0.3, -0.25) is 0 Å². The number of fused-ring (bicyclic) bond motifs is 5. The Labute approximate surface area is 174 Å². The molecule has 3 saturated carbocycles. The van der Waals surface area contributed by atoms with Crippen molar-refractivity contribution in [3.8, 4) is 0 Å². The van der Waals surface area contributed by atoms with Crippen molar-refractivity contribution in [2.45, 2.75) is 123 Å². The SMILES string of the molecule is CCCCCCCC[C@H]1CCC2C3CC=C4C[C@@H](O)CC[C@]4(C)C3CC[C@@]21C. The van der Waals surface area contributed by atoms with Gasteiger partial charge in [0.15, 0.2) is 0 Å². The van der Waals surface area contributed by atoms with E-state index in [0.717, 1.165) is 36.5 Å². The predicted octanol–water partition coefficient (Wildman–Crippen LogP) is 7.68. The average molecular weight is 387 g/mol. The molecule has 3 unspecified atom stereocenters. The van der Waals surface area contributed by atoms with Crippen LogP contribution in [0.5, 0.6) is 0 Å². The lowest BCUT2D eigenvalue weighted by molar-refractivity contribution is -0.0508. The molecule has 0 bridgehead atoms. The van der Waals surface area contributed by atoms with Crippen molar-refractivity contribution >= 4 is 0 Å². The van der Waals surface area contributed by atoms with Crippen LogP contribution in [0.3, 0.4) is 0 Å². The highest BCUT2D eigenvalue weighted by Gasteiger charge is 2.58. The lowest BCUT2D eigenvalue weighted by Gasteiger charge is -2.58. The van der Waals surface area contributed by atoms with Gasteiger partial charge >= 0.3 is 0 Å². The number of aliphatic hydroxyl groups excluding tert-OH is 1. The van der Waals surface area contributed by atoms with Crippen LogP contribution in [0.2, 0.25) is 0 Å². The maximum Gasteiger partial charge on any atom is 0.0577 e. The smallest absolute Gasteiger partial charge is 0.0577 e. The molecule has 4 rings (SSSR count). The van der Waals surface area contributed by atoms with Crippen molar-refractivity contribution in [2.24, 2.45) is 34.5 Å². The van der Waals surface area contributed by atoms with Crippen LogP contribution in [0.1, 0.15) is 117 Å². The molecule has 0 aliphatic heterocycles. The number of hydrogen-bond acceptors (Lipinski definition) is 1. The number of rotatable bonds is 7. The van der Waals surface area contributed by atoms with Gasteiger partial charge in [-0.2, -0.15) is 0 Å². The Hall–Kier alpha value is -0.300. The van der Waals surface area contributed by atoms with Crippen LogP contribution >= 0.6 is 0 Å². The Morgan fingerprint density at radius 1 is 0.929 bits per heavy atom. The van der Waals surface area contributed by atoms with Crippen LogP contribution in [-0.4, -0.2) is 11.2 Å². The summed E-state index contributed by atoms with van der Waals surface area (Å²) in [5.41, 5.74) is 2.65. The Morgan fingerprint density at radius 2 is 1.71 bits per heavy atom. The van der Waals surface area contributed by atoms with Crippen molar-refractivity contribution in [2.75, 3.05) is 0 Å². The van der Waals surface area contributed by atoms with Crippen LogP contribution < -0.4 is 0 Å². The van der Waals surface area contributed by atoms with Gasteiger partial charge in [0.25, 0.3) is 0 Å². The summed E-state index contributed by atoms with van der Waals surface area (Å²) in [6.07, 6.45) is 23.1. The molecule has 0 spiro atoms. The number of allylic oxidation sites excluding steroid dienone is 1. The van der Waals surface area contributed by atoms with E-state index < -0.39 is 0 Å². The van der Waals surface area contributed by atoms with Gasteiger partial charge in [-0.05, 0) is 92.3 Å². The molecule has 1 nitrogen and oxygen atoms in total. The fourth-order valence-corrected chi connectivity index (χ4v) is 8.40. The van der Waals surface area contributed by atoms with Crippen molar-refractivity contribution < 1.29 is 5.11 Å². The Balaban J connectivity index is 1.39. The second kappa shape index (κ2) is 8.44. The molecule has 0 aromatic rings. The van der Waals surface area contributed by atoms with Crippen molar-refractivity contribution in [1.82, 2.24) is 0 Å². The topological polar surface area (TPSA) is 20.2 Å². The summed E-state index contributed by atoms with van der Waals surface area (Å²) in [6.45, 7) is 7.57. The lowest BCUT2D eigenvalue weighted by atomic mass is 9.47. The molecule has 7 atom stereocenters. The van der Waals surface area contributed by atoms with Gasteiger partial charge in [-0.25, -0.2) is 0 Å². The molecular weight excluding hydrogens is 340 g/mol. The first-order valence-corrected chi connectivity index (χ1v) is 12.9. The van der Waals surface area contributed by atoms with E-state index in [2.05, 4.69) is 26.8 Å². The molecule has 0 radical (unpaired) electrons. The van der Waals surface area contributed by atoms with E-state index in [1.54, 1.807) is 5.57 Å². The summed E-state index contributed by atoms with van der Waals surface area (Å²) in [5, 5.41) is 10.2. The molecule has 4 aliphatic carbocycles. The van der Waals surface area contributed by atoms with Gasteiger partial charge in [-0.15, -0.1) is 0 Å². The quantitative estimate of drug-likeness (QED) is 0.351. The zero-order valence-electron chi connectivity index (χ0n) is 19.0. The third kappa shape index (κ3) is 3.63. The first-order chi connectivity index (χ1) is 13.5. The fourth-order valence-electron chi connectivity index (χ4n) is 8.40.